The van der Waals surface area contributed by atoms with Crippen LogP contribution in [0.15, 0.2) is 0 Å². The molecule has 0 spiro atoms. The van der Waals surface area contributed by atoms with Crippen molar-refractivity contribution in [1.82, 2.24) is 0 Å². The Bertz CT molecular complexity index is 882. The number of aliphatic hydroxyl groups excluding tert-OH is 6. The first-order chi connectivity index (χ1) is 20.5. The van der Waals surface area contributed by atoms with E-state index in [1.165, 1.54) is 0 Å². The number of hydrogen-bond donors (Lipinski definition) is 6. The summed E-state index contributed by atoms with van der Waals surface area (Å²) in [4.78, 5) is 52.1. The first kappa shape index (κ1) is 41.6. The van der Waals surface area contributed by atoms with Crippen molar-refractivity contribution in [1.29, 1.82) is 0 Å². The van der Waals surface area contributed by atoms with Crippen LogP contribution in [0.1, 0.15) is 81.1 Å². The van der Waals surface area contributed by atoms with Gasteiger partial charge in [0.1, 0.15) is 31.0 Å². The molecule has 0 rings (SSSR count). The summed E-state index contributed by atoms with van der Waals surface area (Å²) in [5.74, 6) is -6.29. The average Bonchev–Trinajstić information content (AvgIpc) is 3.03. The maximum atomic E-state index is 13.3. The fourth-order valence-electron chi connectivity index (χ4n) is 3.78. The quantitative estimate of drug-likeness (QED) is 0.0732. The summed E-state index contributed by atoms with van der Waals surface area (Å²) in [5, 5.41) is 58.5. The molecule has 0 aromatic heterocycles. The van der Waals surface area contributed by atoms with Gasteiger partial charge in [0, 0.05) is 17.8 Å². The van der Waals surface area contributed by atoms with E-state index in [0.717, 1.165) is 0 Å². The highest BCUT2D eigenvalue weighted by molar-refractivity contribution is 5.86. The zero-order valence-corrected chi connectivity index (χ0v) is 27.1. The van der Waals surface area contributed by atoms with Crippen LogP contribution in [0.2, 0.25) is 0 Å². The molecule has 44 heavy (non-hydrogen) atoms. The topological polar surface area (TPSA) is 227 Å². The normalized spacial score (nSPS) is 19.9. The van der Waals surface area contributed by atoms with Gasteiger partial charge in [-0.15, -0.1) is 0 Å². The zero-order chi connectivity index (χ0) is 34.3. The van der Waals surface area contributed by atoms with Gasteiger partial charge in [-0.25, -0.2) is 19.2 Å². The summed E-state index contributed by atoms with van der Waals surface area (Å²) in [7, 11) is 0. The number of carbonyl (C=O) groups excluding carboxylic acids is 4. The summed E-state index contributed by atoms with van der Waals surface area (Å²) in [6.45, 7) is 11.8. The van der Waals surface area contributed by atoms with Crippen LogP contribution in [0.5, 0.6) is 0 Å². The predicted molar refractivity (Wildman–Crippen MR) is 156 cm³/mol. The Morgan fingerprint density at radius 2 is 0.864 bits per heavy atom. The van der Waals surface area contributed by atoms with Gasteiger partial charge >= 0.3 is 23.9 Å². The van der Waals surface area contributed by atoms with Crippen molar-refractivity contribution in [3.8, 4) is 0 Å². The average molecular weight is 639 g/mol. The van der Waals surface area contributed by atoms with E-state index in [0.29, 0.717) is 25.7 Å². The molecule has 12 atom stereocenters. The van der Waals surface area contributed by atoms with Gasteiger partial charge in [0.15, 0.2) is 6.10 Å². The number of aliphatic hydroxyl groups is 6. The van der Waals surface area contributed by atoms with E-state index in [1.807, 2.05) is 0 Å². The third-order valence-electron chi connectivity index (χ3n) is 8.05. The van der Waals surface area contributed by atoms with Crippen LogP contribution in [0, 0.1) is 23.7 Å². The molecule has 0 aromatic carbocycles. The number of hydrogen-bond acceptors (Lipinski definition) is 14. The van der Waals surface area contributed by atoms with E-state index in [1.54, 1.807) is 55.4 Å². The van der Waals surface area contributed by atoms with Gasteiger partial charge in [0.25, 0.3) is 0 Å². The van der Waals surface area contributed by atoms with Crippen molar-refractivity contribution in [2.24, 2.45) is 23.7 Å². The molecule has 0 aliphatic rings. The molecule has 0 aliphatic heterocycles. The van der Waals surface area contributed by atoms with Crippen molar-refractivity contribution in [2.75, 3.05) is 13.2 Å². The highest BCUT2D eigenvalue weighted by Gasteiger charge is 2.40. The second-order valence-corrected chi connectivity index (χ2v) is 11.5. The van der Waals surface area contributed by atoms with E-state index in [2.05, 4.69) is 0 Å². The van der Waals surface area contributed by atoms with E-state index in [4.69, 9.17) is 24.1 Å². The minimum Gasteiger partial charge on any atom is -0.460 e. The van der Waals surface area contributed by atoms with Gasteiger partial charge in [-0.1, -0.05) is 61.8 Å². The van der Waals surface area contributed by atoms with E-state index in [-0.39, 0.29) is 0 Å². The molecule has 0 fully saturated rings. The maximum absolute atomic E-state index is 13.3. The largest absolute Gasteiger partial charge is 0.460 e. The molecule has 0 aliphatic carbocycles. The van der Waals surface area contributed by atoms with Crippen molar-refractivity contribution in [2.45, 2.75) is 130 Å². The molecule has 0 aromatic rings. The van der Waals surface area contributed by atoms with E-state index < -0.39 is 110 Å². The minimum atomic E-state index is -1.97. The van der Waals surface area contributed by atoms with Gasteiger partial charge < -0.3 is 49.6 Å². The Morgan fingerprint density at radius 1 is 0.523 bits per heavy atom. The van der Waals surface area contributed by atoms with Crippen LogP contribution in [0.25, 0.3) is 0 Å². The van der Waals surface area contributed by atoms with Gasteiger partial charge in [-0.05, 0) is 25.2 Å². The molecule has 0 saturated carbocycles. The van der Waals surface area contributed by atoms with Crippen LogP contribution in [0.4, 0.5) is 0 Å². The van der Waals surface area contributed by atoms with Crippen molar-refractivity contribution < 1.29 is 68.8 Å². The molecule has 0 saturated heterocycles. The van der Waals surface area contributed by atoms with Crippen LogP contribution >= 0.6 is 0 Å². The second-order valence-electron chi connectivity index (χ2n) is 11.5. The summed E-state index contributed by atoms with van der Waals surface area (Å²) >= 11 is 0. The molecule has 258 valence electrons. The molecule has 14 nitrogen and oxygen atoms in total. The maximum Gasteiger partial charge on any atom is 0.348 e. The van der Waals surface area contributed by atoms with Crippen LogP contribution in [-0.4, -0.2) is 117 Å². The number of carbonyl (C=O) groups is 4. The Hall–Kier alpha value is -2.36. The predicted octanol–water partition coefficient (Wildman–Crippen LogP) is 0.246. The lowest BCUT2D eigenvalue weighted by Crippen LogP contribution is -2.48. The molecule has 6 N–H and O–H groups in total. The van der Waals surface area contributed by atoms with Crippen molar-refractivity contribution in [3.63, 3.8) is 0 Å². The molecule has 14 heteroatoms. The Kier molecular flexibility index (Phi) is 19.5. The van der Waals surface area contributed by atoms with Crippen LogP contribution in [-0.2, 0) is 38.1 Å². The summed E-state index contributed by atoms with van der Waals surface area (Å²) in [6, 6.07) is 0. The van der Waals surface area contributed by atoms with Gasteiger partial charge in [0.05, 0.1) is 6.61 Å². The molecule has 0 radical (unpaired) electrons. The van der Waals surface area contributed by atoms with E-state index in [9.17, 15) is 44.7 Å². The third-order valence-corrected chi connectivity index (χ3v) is 8.05. The molecular weight excluding hydrogens is 584 g/mol. The lowest BCUT2D eigenvalue weighted by Gasteiger charge is -2.29. The minimum absolute atomic E-state index is 0.345. The summed E-state index contributed by atoms with van der Waals surface area (Å²) < 4.78 is 21.4. The molecule has 0 amide bonds. The fourth-order valence-corrected chi connectivity index (χ4v) is 3.78. The highest BCUT2D eigenvalue weighted by Crippen LogP contribution is 2.23. The lowest BCUT2D eigenvalue weighted by atomic mass is 9.98. The molecular formula is C30H54O14. The summed E-state index contributed by atoms with van der Waals surface area (Å²) in [5.41, 5.74) is 0. The Morgan fingerprint density at radius 3 is 1.23 bits per heavy atom. The first-order valence-corrected chi connectivity index (χ1v) is 15.3. The Balaban J connectivity index is 5.85. The standard InChI is InChI=1S/C30H54O14/c1-9-15(5)21(34)27(37)42-25(17(7)11-3)29(39)44-26(18(8)12-4)30(40)43-24(16(6)10-2)28(38)41-14-20(33)23(36)22(35)19(32)13-31/h15-26,31-36H,9-14H2,1-8H3/t15-,16-,17-,18-,19+,20-,21+,22+,23-,24-,25-,26-/m0/s1. The summed E-state index contributed by atoms with van der Waals surface area (Å²) in [6.07, 6.45) is -11.8. The van der Waals surface area contributed by atoms with Gasteiger partial charge in [0.2, 0.25) is 18.3 Å². The molecule has 0 heterocycles. The second kappa shape index (κ2) is 20.6. The van der Waals surface area contributed by atoms with Crippen molar-refractivity contribution >= 4 is 23.9 Å². The van der Waals surface area contributed by atoms with Crippen molar-refractivity contribution in [3.05, 3.63) is 0 Å². The highest BCUT2D eigenvalue weighted by atomic mass is 16.6. The first-order valence-electron chi connectivity index (χ1n) is 15.3. The third kappa shape index (κ3) is 12.6. The Labute approximate surface area is 259 Å². The number of esters is 4. The SMILES string of the molecule is CC[C@H](C)[C@H](OC(=O)[C@@H](OC(=O)[C@@H](OC(=O)[C@H](O)[C@@H](C)CC)[C@@H](C)CC)[C@@H](C)CC)C(=O)OC[C@H](O)[C@H](O)[C@H](O)[C@H](O)CO. The number of ether oxygens (including phenoxy) is 4. The smallest absolute Gasteiger partial charge is 0.348 e. The van der Waals surface area contributed by atoms with Gasteiger partial charge in [-0.2, -0.15) is 0 Å². The molecule has 0 bridgehead atoms. The monoisotopic (exact) mass is 638 g/mol. The lowest BCUT2D eigenvalue weighted by molar-refractivity contribution is -0.194. The van der Waals surface area contributed by atoms with Crippen LogP contribution in [0.3, 0.4) is 0 Å². The van der Waals surface area contributed by atoms with E-state index >= 15 is 0 Å². The number of rotatable bonds is 21. The zero-order valence-electron chi connectivity index (χ0n) is 27.1. The van der Waals surface area contributed by atoms with Crippen LogP contribution < -0.4 is 0 Å². The molecule has 0 unspecified atom stereocenters. The fraction of sp³-hybridized carbons (Fsp3) is 0.867. The van der Waals surface area contributed by atoms with Gasteiger partial charge in [-0.3, -0.25) is 0 Å².